The predicted octanol–water partition coefficient (Wildman–Crippen LogP) is 5.66. The molecule has 1 nitrogen and oxygen atoms in total. The van der Waals surface area contributed by atoms with Gasteiger partial charge in [0.05, 0.1) is 16.1 Å². The molecule has 0 N–H and O–H groups in total. The Morgan fingerprint density at radius 1 is 0.789 bits per heavy atom. The molecule has 0 radical (unpaired) electrons. The van der Waals surface area contributed by atoms with Crippen molar-refractivity contribution in [2.75, 3.05) is 0 Å². The van der Waals surface area contributed by atoms with Crippen LogP contribution in [0.5, 0.6) is 0 Å². The Morgan fingerprint density at radius 2 is 1.16 bits per heavy atom. The third kappa shape index (κ3) is 7.35. The molecule has 19 heavy (non-hydrogen) atoms. The molecule has 0 heterocycles. The molecule has 0 aliphatic heterocycles. The van der Waals surface area contributed by atoms with E-state index in [1.807, 2.05) is 0 Å². The molecule has 112 valence electrons. The first-order valence-electron chi connectivity index (χ1n) is 7.35. The van der Waals surface area contributed by atoms with Gasteiger partial charge in [-0.05, 0) is 24.5 Å². The van der Waals surface area contributed by atoms with E-state index < -0.39 is 24.5 Å². The van der Waals surface area contributed by atoms with Crippen LogP contribution in [0.25, 0.3) is 0 Å². The van der Waals surface area contributed by atoms with E-state index in [1.165, 1.54) is 0 Å². The van der Waals surface area contributed by atoms with Crippen molar-refractivity contribution in [2.45, 2.75) is 72.8 Å². The molecule has 0 aromatic carbocycles. The standard InChI is InChI=1S/C15H34OSi3/c1-13(2)14(16-19(9,10)11)12-15(17(3,4)5)18(6,7)8/h13H,1-11H3. The van der Waals surface area contributed by atoms with Crippen LogP contribution in [0.3, 0.4) is 0 Å². The minimum atomic E-state index is -1.55. The summed E-state index contributed by atoms with van der Waals surface area (Å²) in [4.78, 5) is 1.61. The van der Waals surface area contributed by atoms with E-state index in [4.69, 9.17) is 4.43 Å². The molecule has 0 aromatic heterocycles. The molecular weight excluding hydrogens is 280 g/mol. The lowest BCUT2D eigenvalue weighted by molar-refractivity contribution is 0.365. The summed E-state index contributed by atoms with van der Waals surface area (Å²) in [6.07, 6.45) is 0. The van der Waals surface area contributed by atoms with Gasteiger partial charge in [0, 0.05) is 5.92 Å². The third-order valence-electron chi connectivity index (χ3n) is 2.69. The van der Waals surface area contributed by atoms with Crippen LogP contribution in [0.2, 0.25) is 58.9 Å². The molecule has 0 amide bonds. The van der Waals surface area contributed by atoms with Gasteiger partial charge in [0.15, 0.2) is 0 Å². The van der Waals surface area contributed by atoms with Crippen LogP contribution < -0.4 is 0 Å². The van der Waals surface area contributed by atoms with Crippen LogP contribution in [-0.2, 0) is 4.43 Å². The summed E-state index contributed by atoms with van der Waals surface area (Å²) in [7, 11) is -4.20. The third-order valence-corrected chi connectivity index (χ3v) is 11.3. The first-order chi connectivity index (χ1) is 8.14. The Kier molecular flexibility index (Phi) is 6.16. The second-order valence-corrected chi connectivity index (χ2v) is 23.7. The topological polar surface area (TPSA) is 9.23 Å². The Labute approximate surface area is 124 Å². The largest absolute Gasteiger partial charge is 0.542 e. The smallest absolute Gasteiger partial charge is 0.242 e. The maximum absolute atomic E-state index is 6.29. The highest BCUT2D eigenvalue weighted by Gasteiger charge is 2.31. The van der Waals surface area contributed by atoms with Crippen LogP contribution in [0.15, 0.2) is 16.3 Å². The fourth-order valence-corrected chi connectivity index (χ4v) is 13.2. The molecule has 0 aliphatic rings. The van der Waals surface area contributed by atoms with Crippen LogP contribution in [-0.4, -0.2) is 24.5 Å². The minimum absolute atomic E-state index is 0.425. The maximum Gasteiger partial charge on any atom is 0.242 e. The summed E-state index contributed by atoms with van der Waals surface area (Å²) in [6.45, 7) is 25.8. The van der Waals surface area contributed by atoms with Gasteiger partial charge in [-0.1, -0.05) is 58.9 Å². The summed E-state index contributed by atoms with van der Waals surface area (Å²) < 4.78 is 6.29. The highest BCUT2D eigenvalue weighted by atomic mass is 28.4. The van der Waals surface area contributed by atoms with Crippen molar-refractivity contribution in [1.29, 1.82) is 0 Å². The van der Waals surface area contributed by atoms with E-state index in [2.05, 4.69) is 78.5 Å². The normalized spacial score (nSPS) is 13.3. The van der Waals surface area contributed by atoms with E-state index >= 15 is 0 Å². The molecule has 0 saturated carbocycles. The monoisotopic (exact) mass is 314 g/mol. The van der Waals surface area contributed by atoms with Gasteiger partial charge in [-0.3, -0.25) is 0 Å². The Bertz CT molecular complexity index is 354. The lowest BCUT2D eigenvalue weighted by Gasteiger charge is -2.30. The van der Waals surface area contributed by atoms with Gasteiger partial charge in [-0.2, -0.15) is 0 Å². The van der Waals surface area contributed by atoms with Crippen molar-refractivity contribution in [2.24, 2.45) is 5.92 Å². The van der Waals surface area contributed by atoms with Crippen LogP contribution in [0.1, 0.15) is 13.8 Å². The second kappa shape index (κ2) is 6.17. The molecule has 0 rings (SSSR count). The van der Waals surface area contributed by atoms with Gasteiger partial charge in [0.1, 0.15) is 5.76 Å². The van der Waals surface area contributed by atoms with Gasteiger partial charge in [-0.25, -0.2) is 0 Å². The van der Waals surface area contributed by atoms with E-state index in [1.54, 1.807) is 4.82 Å². The Morgan fingerprint density at radius 3 is 1.37 bits per heavy atom. The molecule has 0 atom stereocenters. The van der Waals surface area contributed by atoms with Gasteiger partial charge >= 0.3 is 0 Å². The van der Waals surface area contributed by atoms with Gasteiger partial charge in [0.2, 0.25) is 8.32 Å². The highest BCUT2D eigenvalue weighted by molar-refractivity contribution is 7.04. The summed E-state index contributed by atoms with van der Waals surface area (Å²) in [5.74, 6) is 1.52. The zero-order valence-corrected chi connectivity index (χ0v) is 18.0. The van der Waals surface area contributed by atoms with Crippen molar-refractivity contribution in [3.05, 3.63) is 16.3 Å². The van der Waals surface area contributed by atoms with Crippen LogP contribution in [0, 0.1) is 5.92 Å². The molecule has 0 saturated heterocycles. The minimum Gasteiger partial charge on any atom is -0.542 e. The van der Waals surface area contributed by atoms with Crippen molar-refractivity contribution >= 4 is 24.5 Å². The summed E-state index contributed by atoms with van der Waals surface area (Å²) in [6, 6.07) is 0. The highest BCUT2D eigenvalue weighted by Crippen LogP contribution is 2.26. The lowest BCUT2D eigenvalue weighted by atomic mass is 10.2. The van der Waals surface area contributed by atoms with E-state index in [0.29, 0.717) is 5.92 Å². The zero-order valence-electron chi connectivity index (χ0n) is 15.0. The first kappa shape index (κ1) is 19.0. The SMILES string of the molecule is CC(C)C(=C=C([Si](C)(C)C)[Si](C)(C)C)O[Si](C)(C)C. The summed E-state index contributed by atoms with van der Waals surface area (Å²) in [5, 5.41) is 0. The summed E-state index contributed by atoms with van der Waals surface area (Å²) >= 11 is 0. The number of rotatable bonds is 5. The molecule has 0 spiro atoms. The van der Waals surface area contributed by atoms with Crippen molar-refractivity contribution in [1.82, 2.24) is 0 Å². The van der Waals surface area contributed by atoms with Gasteiger partial charge in [-0.15, -0.1) is 0 Å². The Hall–Kier alpha value is -0.0294. The average molecular weight is 315 g/mol. The fourth-order valence-electron chi connectivity index (χ4n) is 2.24. The second-order valence-electron chi connectivity index (χ2n) is 8.73. The van der Waals surface area contributed by atoms with Crippen molar-refractivity contribution < 1.29 is 4.43 Å². The molecule has 4 heteroatoms. The Balaban J connectivity index is 5.99. The molecule has 0 aromatic rings. The maximum atomic E-state index is 6.29. The molecule has 0 unspecified atom stereocenters. The number of hydrogen-bond acceptors (Lipinski definition) is 1. The molecule has 0 fully saturated rings. The summed E-state index contributed by atoms with van der Waals surface area (Å²) in [5.41, 5.74) is 3.76. The lowest BCUT2D eigenvalue weighted by Crippen LogP contribution is -2.39. The average Bonchev–Trinajstić information content (AvgIpc) is 2.05. The predicted molar refractivity (Wildman–Crippen MR) is 96.5 cm³/mol. The fraction of sp³-hybridized carbons (Fsp3) is 0.800. The van der Waals surface area contributed by atoms with Gasteiger partial charge < -0.3 is 4.43 Å². The van der Waals surface area contributed by atoms with Crippen LogP contribution >= 0.6 is 0 Å². The number of allylic oxidation sites excluding steroid dienone is 1. The van der Waals surface area contributed by atoms with E-state index in [9.17, 15) is 0 Å². The van der Waals surface area contributed by atoms with E-state index in [-0.39, 0.29) is 0 Å². The quantitative estimate of drug-likeness (QED) is 0.361. The zero-order chi connectivity index (χ0) is 15.6. The number of hydrogen-bond donors (Lipinski definition) is 0. The molecule has 0 bridgehead atoms. The van der Waals surface area contributed by atoms with Crippen molar-refractivity contribution in [3.8, 4) is 0 Å². The first-order valence-corrected chi connectivity index (χ1v) is 17.8. The molecular formula is C15H34OSi3. The van der Waals surface area contributed by atoms with Crippen LogP contribution in [0.4, 0.5) is 0 Å². The van der Waals surface area contributed by atoms with Crippen molar-refractivity contribution in [3.63, 3.8) is 0 Å². The van der Waals surface area contributed by atoms with Gasteiger partial charge in [0.25, 0.3) is 0 Å². The van der Waals surface area contributed by atoms with E-state index in [0.717, 1.165) is 5.76 Å². The molecule has 0 aliphatic carbocycles.